The molecule has 2 aliphatic rings. The second-order valence-corrected chi connectivity index (χ2v) is 6.20. The molecule has 0 radical (unpaired) electrons. The normalized spacial score (nSPS) is 35.0. The van der Waals surface area contributed by atoms with Gasteiger partial charge in [0.15, 0.2) is 0 Å². The number of ether oxygens (including phenoxy) is 1. The molecule has 0 spiro atoms. The highest BCUT2D eigenvalue weighted by molar-refractivity contribution is 4.92. The molecule has 0 bridgehead atoms. The minimum absolute atomic E-state index is 0.697. The van der Waals surface area contributed by atoms with Crippen molar-refractivity contribution in [1.82, 2.24) is 10.2 Å². The van der Waals surface area contributed by atoms with E-state index >= 15 is 0 Å². The van der Waals surface area contributed by atoms with Crippen molar-refractivity contribution >= 4 is 0 Å². The number of morpholine rings is 1. The SMILES string of the molecule is CCNC1CCC(C(C)C)CC1N1CCOCC1. The summed E-state index contributed by atoms with van der Waals surface area (Å²) in [4.78, 5) is 2.67. The van der Waals surface area contributed by atoms with Crippen LogP contribution in [0.4, 0.5) is 0 Å². The monoisotopic (exact) mass is 254 g/mol. The van der Waals surface area contributed by atoms with E-state index in [1.807, 2.05) is 0 Å². The fourth-order valence-corrected chi connectivity index (χ4v) is 3.60. The fraction of sp³-hybridized carbons (Fsp3) is 1.00. The number of rotatable bonds is 4. The first-order chi connectivity index (χ1) is 8.72. The van der Waals surface area contributed by atoms with E-state index < -0.39 is 0 Å². The summed E-state index contributed by atoms with van der Waals surface area (Å²) in [7, 11) is 0. The predicted octanol–water partition coefficient (Wildman–Crippen LogP) is 2.12. The lowest BCUT2D eigenvalue weighted by atomic mass is 9.76. The molecule has 3 heteroatoms. The summed E-state index contributed by atoms with van der Waals surface area (Å²) in [6.07, 6.45) is 4.12. The van der Waals surface area contributed by atoms with E-state index in [0.717, 1.165) is 50.7 Å². The van der Waals surface area contributed by atoms with E-state index in [0.29, 0.717) is 6.04 Å². The van der Waals surface area contributed by atoms with E-state index in [4.69, 9.17) is 4.74 Å². The molecule has 106 valence electrons. The van der Waals surface area contributed by atoms with Crippen molar-refractivity contribution in [2.45, 2.75) is 52.1 Å². The topological polar surface area (TPSA) is 24.5 Å². The number of hydrogen-bond acceptors (Lipinski definition) is 3. The lowest BCUT2D eigenvalue weighted by molar-refractivity contribution is -0.0101. The largest absolute Gasteiger partial charge is 0.379 e. The van der Waals surface area contributed by atoms with Gasteiger partial charge in [-0.3, -0.25) is 4.90 Å². The van der Waals surface area contributed by atoms with E-state index in [9.17, 15) is 0 Å². The molecule has 2 fully saturated rings. The highest BCUT2D eigenvalue weighted by atomic mass is 16.5. The standard InChI is InChI=1S/C15H30N2O/c1-4-16-14-6-5-13(12(2)3)11-15(14)17-7-9-18-10-8-17/h12-16H,4-11H2,1-3H3. The molecule has 3 atom stereocenters. The zero-order valence-corrected chi connectivity index (χ0v) is 12.3. The predicted molar refractivity (Wildman–Crippen MR) is 75.8 cm³/mol. The minimum atomic E-state index is 0.697. The second kappa shape index (κ2) is 6.88. The Balaban J connectivity index is 1.98. The Morgan fingerprint density at radius 1 is 1.22 bits per heavy atom. The van der Waals surface area contributed by atoms with Crippen LogP contribution in [0.5, 0.6) is 0 Å². The van der Waals surface area contributed by atoms with Crippen molar-refractivity contribution in [3.63, 3.8) is 0 Å². The van der Waals surface area contributed by atoms with Crippen molar-refractivity contribution in [3.05, 3.63) is 0 Å². The Hall–Kier alpha value is -0.120. The van der Waals surface area contributed by atoms with Gasteiger partial charge < -0.3 is 10.1 Å². The first-order valence-corrected chi connectivity index (χ1v) is 7.77. The average molecular weight is 254 g/mol. The Bertz CT molecular complexity index is 234. The molecule has 1 aliphatic heterocycles. The molecule has 0 aromatic heterocycles. The van der Waals surface area contributed by atoms with Crippen molar-refractivity contribution in [1.29, 1.82) is 0 Å². The summed E-state index contributed by atoms with van der Waals surface area (Å²) in [6.45, 7) is 12.2. The van der Waals surface area contributed by atoms with Gasteiger partial charge in [0.1, 0.15) is 0 Å². The summed E-state index contributed by atoms with van der Waals surface area (Å²) in [6, 6.07) is 1.43. The first-order valence-electron chi connectivity index (χ1n) is 7.77. The van der Waals surface area contributed by atoms with Gasteiger partial charge in [0.05, 0.1) is 13.2 Å². The van der Waals surface area contributed by atoms with Crippen LogP contribution in [0.15, 0.2) is 0 Å². The zero-order chi connectivity index (χ0) is 13.0. The molecule has 1 saturated heterocycles. The number of nitrogens with zero attached hydrogens (tertiary/aromatic N) is 1. The average Bonchev–Trinajstić information content (AvgIpc) is 2.40. The van der Waals surface area contributed by atoms with Crippen molar-refractivity contribution in [3.8, 4) is 0 Å². The minimum Gasteiger partial charge on any atom is -0.379 e. The smallest absolute Gasteiger partial charge is 0.0594 e. The summed E-state index contributed by atoms with van der Waals surface area (Å²) in [5, 5.41) is 3.71. The van der Waals surface area contributed by atoms with Crippen LogP contribution in [0.3, 0.4) is 0 Å². The van der Waals surface area contributed by atoms with Crippen LogP contribution < -0.4 is 5.32 Å². The van der Waals surface area contributed by atoms with E-state index in [1.165, 1.54) is 19.3 Å². The van der Waals surface area contributed by atoms with E-state index in [1.54, 1.807) is 0 Å². The van der Waals surface area contributed by atoms with Gasteiger partial charge in [-0.1, -0.05) is 20.8 Å². The Morgan fingerprint density at radius 3 is 2.56 bits per heavy atom. The van der Waals surface area contributed by atoms with Gasteiger partial charge in [-0.05, 0) is 37.6 Å². The fourth-order valence-electron chi connectivity index (χ4n) is 3.60. The van der Waals surface area contributed by atoms with E-state index in [-0.39, 0.29) is 0 Å². The molecule has 0 aromatic rings. The van der Waals surface area contributed by atoms with Crippen LogP contribution in [0, 0.1) is 11.8 Å². The Morgan fingerprint density at radius 2 is 1.94 bits per heavy atom. The molecule has 1 N–H and O–H groups in total. The number of nitrogens with one attached hydrogen (secondary N) is 1. The number of likely N-dealkylation sites (N-methyl/N-ethyl adjacent to an activating group) is 1. The van der Waals surface area contributed by atoms with Gasteiger partial charge in [0, 0.05) is 25.2 Å². The maximum Gasteiger partial charge on any atom is 0.0594 e. The van der Waals surface area contributed by atoms with Gasteiger partial charge in [-0.15, -0.1) is 0 Å². The van der Waals surface area contributed by atoms with Crippen molar-refractivity contribution in [2.75, 3.05) is 32.8 Å². The van der Waals surface area contributed by atoms with E-state index in [2.05, 4.69) is 31.0 Å². The van der Waals surface area contributed by atoms with Crippen molar-refractivity contribution < 1.29 is 4.74 Å². The van der Waals surface area contributed by atoms with Gasteiger partial charge in [-0.25, -0.2) is 0 Å². The molecule has 1 aliphatic carbocycles. The van der Waals surface area contributed by atoms with Crippen LogP contribution in [0.2, 0.25) is 0 Å². The van der Waals surface area contributed by atoms with Crippen LogP contribution in [0.25, 0.3) is 0 Å². The van der Waals surface area contributed by atoms with Gasteiger partial charge >= 0.3 is 0 Å². The highest BCUT2D eigenvalue weighted by Gasteiger charge is 2.35. The van der Waals surface area contributed by atoms with Gasteiger partial charge in [-0.2, -0.15) is 0 Å². The molecule has 18 heavy (non-hydrogen) atoms. The molecule has 1 heterocycles. The number of hydrogen-bond donors (Lipinski definition) is 1. The third-order valence-electron chi connectivity index (χ3n) is 4.78. The molecule has 1 saturated carbocycles. The van der Waals surface area contributed by atoms with Crippen LogP contribution in [-0.4, -0.2) is 49.8 Å². The second-order valence-electron chi connectivity index (χ2n) is 6.20. The molecule has 0 amide bonds. The third-order valence-corrected chi connectivity index (χ3v) is 4.78. The molecular formula is C15H30N2O. The first kappa shape index (κ1) is 14.3. The lowest BCUT2D eigenvalue weighted by Gasteiger charge is -2.45. The lowest BCUT2D eigenvalue weighted by Crippen LogP contribution is -2.56. The molecule has 3 nitrogen and oxygen atoms in total. The molecule has 3 unspecified atom stereocenters. The van der Waals surface area contributed by atoms with Gasteiger partial charge in [0.2, 0.25) is 0 Å². The third kappa shape index (κ3) is 3.46. The summed E-state index contributed by atoms with van der Waals surface area (Å²) < 4.78 is 5.50. The summed E-state index contributed by atoms with van der Waals surface area (Å²) >= 11 is 0. The van der Waals surface area contributed by atoms with Crippen LogP contribution in [-0.2, 0) is 4.74 Å². The Kier molecular flexibility index (Phi) is 5.46. The summed E-state index contributed by atoms with van der Waals surface area (Å²) in [5.41, 5.74) is 0. The van der Waals surface area contributed by atoms with Gasteiger partial charge in [0.25, 0.3) is 0 Å². The van der Waals surface area contributed by atoms with Crippen molar-refractivity contribution in [2.24, 2.45) is 11.8 Å². The molecule has 2 rings (SSSR count). The zero-order valence-electron chi connectivity index (χ0n) is 12.3. The summed E-state index contributed by atoms with van der Waals surface area (Å²) in [5.74, 6) is 1.74. The quantitative estimate of drug-likeness (QED) is 0.832. The maximum atomic E-state index is 5.50. The maximum absolute atomic E-state index is 5.50. The van der Waals surface area contributed by atoms with Crippen LogP contribution in [0.1, 0.15) is 40.0 Å². The van der Waals surface area contributed by atoms with Crippen LogP contribution >= 0.6 is 0 Å². The highest BCUT2D eigenvalue weighted by Crippen LogP contribution is 2.33. The molecular weight excluding hydrogens is 224 g/mol. The molecule has 0 aromatic carbocycles. The Labute approximate surface area is 112 Å².